The first-order valence-electron chi connectivity index (χ1n) is 4.26. The van der Waals surface area contributed by atoms with E-state index in [4.69, 9.17) is 4.74 Å². The Morgan fingerprint density at radius 1 is 1.46 bits per heavy atom. The second kappa shape index (κ2) is 4.80. The van der Waals surface area contributed by atoms with Gasteiger partial charge in [-0.15, -0.1) is 0 Å². The maximum atomic E-state index is 11.3. The van der Waals surface area contributed by atoms with Crippen LogP contribution in [0.1, 0.15) is 27.2 Å². The Labute approximate surface area is 78.8 Å². The van der Waals surface area contributed by atoms with Crippen molar-refractivity contribution in [3.8, 4) is 0 Å². The summed E-state index contributed by atoms with van der Waals surface area (Å²) in [6.07, 6.45) is 1.83. The molecule has 0 heterocycles. The minimum absolute atomic E-state index is 0.203. The average molecular weight is 184 g/mol. The summed E-state index contributed by atoms with van der Waals surface area (Å²) in [5, 5.41) is 0. The summed E-state index contributed by atoms with van der Waals surface area (Å²) in [5.41, 5.74) is -0.512. The smallest absolute Gasteiger partial charge is 0.311 e. The van der Waals surface area contributed by atoms with E-state index in [1.807, 2.05) is 6.92 Å². The number of ether oxygens (including phenoxy) is 1. The summed E-state index contributed by atoms with van der Waals surface area (Å²) in [6.45, 7) is 8.55. The summed E-state index contributed by atoms with van der Waals surface area (Å²) < 4.78 is 4.79. The molecule has 0 aliphatic heterocycles. The predicted molar refractivity (Wildman–Crippen MR) is 50.2 cm³/mol. The zero-order chi connectivity index (χ0) is 10.5. The van der Waals surface area contributed by atoms with Crippen molar-refractivity contribution in [2.24, 2.45) is 5.41 Å². The van der Waals surface area contributed by atoms with Crippen molar-refractivity contribution in [2.75, 3.05) is 6.61 Å². The Bertz CT molecular complexity index is 216. The fourth-order valence-corrected chi connectivity index (χ4v) is 0.535. The van der Waals surface area contributed by atoms with Crippen LogP contribution in [-0.4, -0.2) is 18.4 Å². The Hall–Kier alpha value is -1.12. The van der Waals surface area contributed by atoms with Gasteiger partial charge in [-0.1, -0.05) is 13.5 Å². The van der Waals surface area contributed by atoms with Crippen LogP contribution in [0, 0.1) is 5.41 Å². The molecule has 0 rings (SSSR count). The number of hydrogen-bond acceptors (Lipinski definition) is 3. The molecule has 0 N–H and O–H groups in total. The van der Waals surface area contributed by atoms with E-state index in [0.717, 1.165) is 6.08 Å². The molecular weight excluding hydrogens is 168 g/mol. The van der Waals surface area contributed by atoms with Crippen molar-refractivity contribution in [3.05, 3.63) is 12.7 Å². The van der Waals surface area contributed by atoms with Gasteiger partial charge in [0, 0.05) is 0 Å². The van der Waals surface area contributed by atoms with Gasteiger partial charge in [0.25, 0.3) is 0 Å². The Morgan fingerprint density at radius 3 is 2.38 bits per heavy atom. The fourth-order valence-electron chi connectivity index (χ4n) is 0.535. The topological polar surface area (TPSA) is 43.4 Å². The molecule has 0 aromatic carbocycles. The Balaban J connectivity index is 4.02. The molecule has 3 nitrogen and oxygen atoms in total. The van der Waals surface area contributed by atoms with Crippen LogP contribution in [0.4, 0.5) is 0 Å². The molecule has 0 amide bonds. The molecule has 0 aliphatic carbocycles. The van der Waals surface area contributed by atoms with Gasteiger partial charge in [0.15, 0.2) is 12.4 Å². The molecule has 0 unspecified atom stereocenters. The van der Waals surface area contributed by atoms with E-state index in [0.29, 0.717) is 6.42 Å². The molecule has 3 heteroatoms. The van der Waals surface area contributed by atoms with E-state index in [1.54, 1.807) is 13.8 Å². The molecule has 74 valence electrons. The van der Waals surface area contributed by atoms with Crippen LogP contribution in [0.5, 0.6) is 0 Å². The van der Waals surface area contributed by atoms with E-state index in [-0.39, 0.29) is 18.4 Å². The SMILES string of the molecule is C=CC(=O)COC(=O)C(C)(C)CC. The number of carbonyl (C=O) groups is 2. The van der Waals surface area contributed by atoms with Gasteiger partial charge in [-0.25, -0.2) is 0 Å². The van der Waals surface area contributed by atoms with E-state index < -0.39 is 5.41 Å². The van der Waals surface area contributed by atoms with Crippen molar-refractivity contribution in [3.63, 3.8) is 0 Å². The highest BCUT2D eigenvalue weighted by molar-refractivity contribution is 5.91. The molecule has 0 spiro atoms. The lowest BCUT2D eigenvalue weighted by Crippen LogP contribution is -2.27. The van der Waals surface area contributed by atoms with Crippen LogP contribution in [-0.2, 0) is 14.3 Å². The van der Waals surface area contributed by atoms with Gasteiger partial charge in [-0.3, -0.25) is 9.59 Å². The minimum atomic E-state index is -0.512. The molecule has 0 saturated carbocycles. The number of ketones is 1. The molecule has 0 atom stereocenters. The molecule has 0 aliphatic rings. The van der Waals surface area contributed by atoms with Crippen LogP contribution in [0.2, 0.25) is 0 Å². The van der Waals surface area contributed by atoms with Gasteiger partial charge in [0.05, 0.1) is 5.41 Å². The van der Waals surface area contributed by atoms with Crippen LogP contribution in [0.25, 0.3) is 0 Å². The normalized spacial score (nSPS) is 10.7. The molecule has 0 fully saturated rings. The van der Waals surface area contributed by atoms with Crippen LogP contribution in [0.15, 0.2) is 12.7 Å². The first kappa shape index (κ1) is 11.9. The van der Waals surface area contributed by atoms with Crippen LogP contribution < -0.4 is 0 Å². The lowest BCUT2D eigenvalue weighted by Gasteiger charge is -2.19. The lowest BCUT2D eigenvalue weighted by molar-refractivity contribution is -0.156. The Kier molecular flexibility index (Phi) is 4.38. The van der Waals surface area contributed by atoms with E-state index in [2.05, 4.69) is 6.58 Å². The predicted octanol–water partition coefficient (Wildman–Crippen LogP) is 1.72. The summed E-state index contributed by atoms with van der Waals surface area (Å²) in [4.78, 5) is 22.0. The standard InChI is InChI=1S/C10H16O3/c1-5-8(11)7-13-9(12)10(3,4)6-2/h5H,1,6-7H2,2-4H3. The summed E-state index contributed by atoms with van der Waals surface area (Å²) in [5.74, 6) is -0.620. The van der Waals surface area contributed by atoms with Crippen molar-refractivity contribution >= 4 is 11.8 Å². The van der Waals surface area contributed by atoms with Crippen LogP contribution >= 0.6 is 0 Å². The molecule has 0 radical (unpaired) electrons. The highest BCUT2D eigenvalue weighted by atomic mass is 16.5. The summed E-state index contributed by atoms with van der Waals surface area (Å²) in [7, 11) is 0. The highest BCUT2D eigenvalue weighted by Crippen LogP contribution is 2.21. The van der Waals surface area contributed by atoms with Gasteiger partial charge < -0.3 is 4.74 Å². The number of carbonyl (C=O) groups excluding carboxylic acids is 2. The van der Waals surface area contributed by atoms with E-state index in [1.165, 1.54) is 0 Å². The van der Waals surface area contributed by atoms with Gasteiger partial charge in [-0.2, -0.15) is 0 Å². The van der Waals surface area contributed by atoms with Crippen molar-refractivity contribution < 1.29 is 14.3 Å². The first-order valence-corrected chi connectivity index (χ1v) is 4.26. The van der Waals surface area contributed by atoms with E-state index >= 15 is 0 Å². The van der Waals surface area contributed by atoms with Gasteiger partial charge in [0.1, 0.15) is 0 Å². The van der Waals surface area contributed by atoms with Crippen molar-refractivity contribution in [2.45, 2.75) is 27.2 Å². The first-order chi connectivity index (χ1) is 5.94. The molecule has 13 heavy (non-hydrogen) atoms. The number of esters is 1. The summed E-state index contributed by atoms with van der Waals surface area (Å²) >= 11 is 0. The monoisotopic (exact) mass is 184 g/mol. The lowest BCUT2D eigenvalue weighted by atomic mass is 9.91. The molecule has 0 bridgehead atoms. The zero-order valence-corrected chi connectivity index (χ0v) is 8.42. The van der Waals surface area contributed by atoms with Gasteiger partial charge in [0.2, 0.25) is 0 Å². The third-order valence-electron chi connectivity index (χ3n) is 2.01. The fraction of sp³-hybridized carbons (Fsp3) is 0.600. The Morgan fingerprint density at radius 2 is 2.00 bits per heavy atom. The second-order valence-corrected chi connectivity index (χ2v) is 3.48. The second-order valence-electron chi connectivity index (χ2n) is 3.48. The largest absolute Gasteiger partial charge is 0.457 e. The highest BCUT2D eigenvalue weighted by Gasteiger charge is 2.27. The van der Waals surface area contributed by atoms with E-state index in [9.17, 15) is 9.59 Å². The zero-order valence-electron chi connectivity index (χ0n) is 8.42. The quantitative estimate of drug-likeness (QED) is 0.482. The number of rotatable bonds is 5. The number of hydrogen-bond donors (Lipinski definition) is 0. The third-order valence-corrected chi connectivity index (χ3v) is 2.01. The van der Waals surface area contributed by atoms with Crippen molar-refractivity contribution in [1.29, 1.82) is 0 Å². The average Bonchev–Trinajstić information content (AvgIpc) is 2.13. The maximum Gasteiger partial charge on any atom is 0.311 e. The molecular formula is C10H16O3. The van der Waals surface area contributed by atoms with Crippen LogP contribution in [0.3, 0.4) is 0 Å². The van der Waals surface area contributed by atoms with Gasteiger partial charge in [-0.05, 0) is 26.3 Å². The van der Waals surface area contributed by atoms with Crippen molar-refractivity contribution in [1.82, 2.24) is 0 Å². The summed E-state index contributed by atoms with van der Waals surface area (Å²) in [6, 6.07) is 0. The minimum Gasteiger partial charge on any atom is -0.457 e. The molecule has 0 aromatic heterocycles. The maximum absolute atomic E-state index is 11.3. The third kappa shape index (κ3) is 3.87. The molecule has 0 saturated heterocycles. The molecule has 0 aromatic rings. The van der Waals surface area contributed by atoms with Gasteiger partial charge >= 0.3 is 5.97 Å².